The quantitative estimate of drug-likeness (QED) is 0.845. The topological polar surface area (TPSA) is 76.3 Å². The van der Waals surface area contributed by atoms with Crippen LogP contribution in [0.3, 0.4) is 0 Å². The number of likely N-dealkylation sites (tertiary alicyclic amines) is 1. The molecule has 0 bridgehead atoms. The molecule has 2 N–H and O–H groups in total. The van der Waals surface area contributed by atoms with E-state index in [2.05, 4.69) is 4.98 Å². The molecule has 1 fully saturated rings. The summed E-state index contributed by atoms with van der Waals surface area (Å²) in [6.45, 7) is 0.867. The molecule has 0 aromatic carbocycles. The average molecular weight is 302 g/mol. The van der Waals surface area contributed by atoms with Crippen LogP contribution in [0.5, 0.6) is 0 Å². The third-order valence-corrected chi connectivity index (χ3v) is 3.64. The zero-order valence-electron chi connectivity index (χ0n) is 10.1. The van der Waals surface area contributed by atoms with Crippen LogP contribution in [0.2, 0.25) is 10.2 Å². The molecule has 1 atom stereocenters. The number of nitrogens with zero attached hydrogens (tertiary/aromatic N) is 2. The Morgan fingerprint density at radius 2 is 2.11 bits per heavy atom. The van der Waals surface area contributed by atoms with Crippen molar-refractivity contribution in [1.82, 2.24) is 9.88 Å². The van der Waals surface area contributed by atoms with E-state index in [1.165, 1.54) is 12.1 Å². The molecular weight excluding hydrogens is 289 g/mol. The Balaban J connectivity index is 2.19. The van der Waals surface area contributed by atoms with Crippen molar-refractivity contribution in [1.29, 1.82) is 0 Å². The van der Waals surface area contributed by atoms with E-state index in [0.29, 0.717) is 19.5 Å². The van der Waals surface area contributed by atoms with Gasteiger partial charge in [0.1, 0.15) is 10.8 Å². The maximum atomic E-state index is 12.3. The van der Waals surface area contributed by atoms with Gasteiger partial charge in [0.25, 0.3) is 5.91 Å². The van der Waals surface area contributed by atoms with Gasteiger partial charge >= 0.3 is 0 Å². The second kappa shape index (κ2) is 5.75. The molecule has 2 amide bonds. The van der Waals surface area contributed by atoms with Gasteiger partial charge in [-0.2, -0.15) is 0 Å². The molecular formula is C12H13Cl2N3O2. The van der Waals surface area contributed by atoms with Crippen LogP contribution in [0.25, 0.3) is 0 Å². The molecule has 7 heteroatoms. The second-order valence-corrected chi connectivity index (χ2v) is 5.25. The number of amides is 2. The molecule has 1 aliphatic heterocycles. The van der Waals surface area contributed by atoms with Crippen LogP contribution in [0, 0.1) is 5.92 Å². The van der Waals surface area contributed by atoms with Gasteiger partial charge in [-0.3, -0.25) is 9.59 Å². The van der Waals surface area contributed by atoms with Crippen LogP contribution in [0.15, 0.2) is 12.1 Å². The lowest BCUT2D eigenvalue weighted by atomic mass is 9.97. The number of hydrogen-bond donors (Lipinski definition) is 1. The van der Waals surface area contributed by atoms with E-state index in [0.717, 1.165) is 6.42 Å². The van der Waals surface area contributed by atoms with Crippen LogP contribution < -0.4 is 5.73 Å². The van der Waals surface area contributed by atoms with Crippen molar-refractivity contribution in [2.75, 3.05) is 13.1 Å². The molecule has 0 spiro atoms. The van der Waals surface area contributed by atoms with Crippen LogP contribution in [0.1, 0.15) is 23.3 Å². The summed E-state index contributed by atoms with van der Waals surface area (Å²) >= 11 is 11.7. The molecule has 2 rings (SSSR count). The maximum absolute atomic E-state index is 12.3. The molecule has 1 aromatic heterocycles. The van der Waals surface area contributed by atoms with Gasteiger partial charge in [0.15, 0.2) is 0 Å². The standard InChI is InChI=1S/C12H13Cl2N3O2/c13-8-3-4-9(14)16-10(8)12(19)17-5-1-2-7(6-17)11(15)18/h3-4,7H,1-2,5-6H2,(H2,15,18). The van der Waals surface area contributed by atoms with Gasteiger partial charge in [0.2, 0.25) is 5.91 Å². The zero-order valence-corrected chi connectivity index (χ0v) is 11.6. The lowest BCUT2D eigenvalue weighted by Crippen LogP contribution is -2.44. The van der Waals surface area contributed by atoms with Crippen molar-refractivity contribution < 1.29 is 9.59 Å². The number of carbonyl (C=O) groups is 2. The Morgan fingerprint density at radius 1 is 1.37 bits per heavy atom. The van der Waals surface area contributed by atoms with Crippen LogP contribution >= 0.6 is 23.2 Å². The van der Waals surface area contributed by atoms with E-state index >= 15 is 0 Å². The molecule has 1 saturated heterocycles. The molecule has 1 aliphatic rings. The fourth-order valence-electron chi connectivity index (χ4n) is 2.11. The summed E-state index contributed by atoms with van der Waals surface area (Å²) in [5.74, 6) is -1.02. The largest absolute Gasteiger partial charge is 0.369 e. The van der Waals surface area contributed by atoms with E-state index < -0.39 is 0 Å². The van der Waals surface area contributed by atoms with Gasteiger partial charge < -0.3 is 10.6 Å². The SMILES string of the molecule is NC(=O)C1CCCN(C(=O)c2nc(Cl)ccc2Cl)C1. The molecule has 0 saturated carbocycles. The Bertz CT molecular complexity index is 522. The molecule has 0 aliphatic carbocycles. The summed E-state index contributed by atoms with van der Waals surface area (Å²) < 4.78 is 0. The summed E-state index contributed by atoms with van der Waals surface area (Å²) in [5.41, 5.74) is 5.39. The third-order valence-electron chi connectivity index (χ3n) is 3.13. The molecule has 2 heterocycles. The Kier molecular flexibility index (Phi) is 4.27. The molecule has 5 nitrogen and oxygen atoms in total. The number of nitrogens with two attached hydrogens (primary N) is 1. The van der Waals surface area contributed by atoms with E-state index in [-0.39, 0.29) is 33.6 Å². The van der Waals surface area contributed by atoms with E-state index in [4.69, 9.17) is 28.9 Å². The van der Waals surface area contributed by atoms with Crippen molar-refractivity contribution in [3.8, 4) is 0 Å². The number of halogens is 2. The predicted molar refractivity (Wildman–Crippen MR) is 72.1 cm³/mol. The minimum absolute atomic E-state index is 0.110. The number of carbonyl (C=O) groups excluding carboxylic acids is 2. The summed E-state index contributed by atoms with van der Waals surface area (Å²) in [6.07, 6.45) is 1.44. The number of primary amides is 1. The normalized spacial score (nSPS) is 19.3. The van der Waals surface area contributed by atoms with Crippen molar-refractivity contribution in [3.05, 3.63) is 28.0 Å². The molecule has 19 heavy (non-hydrogen) atoms. The highest BCUT2D eigenvalue weighted by Gasteiger charge is 2.29. The van der Waals surface area contributed by atoms with Crippen molar-refractivity contribution in [2.24, 2.45) is 11.7 Å². The fourth-order valence-corrected chi connectivity index (χ4v) is 2.45. The van der Waals surface area contributed by atoms with Gasteiger partial charge in [-0.05, 0) is 25.0 Å². The zero-order chi connectivity index (χ0) is 14.0. The van der Waals surface area contributed by atoms with Gasteiger partial charge in [0.05, 0.1) is 10.9 Å². The highest BCUT2D eigenvalue weighted by molar-refractivity contribution is 6.34. The first kappa shape index (κ1) is 14.1. The van der Waals surface area contributed by atoms with Crippen molar-refractivity contribution >= 4 is 35.0 Å². The lowest BCUT2D eigenvalue weighted by Gasteiger charge is -2.31. The van der Waals surface area contributed by atoms with Gasteiger partial charge in [-0.25, -0.2) is 4.98 Å². The summed E-state index contributed by atoms with van der Waals surface area (Å²) in [4.78, 5) is 29.0. The third kappa shape index (κ3) is 3.16. The van der Waals surface area contributed by atoms with Gasteiger partial charge in [-0.1, -0.05) is 23.2 Å². The maximum Gasteiger partial charge on any atom is 0.274 e. The number of piperidine rings is 1. The Morgan fingerprint density at radius 3 is 2.79 bits per heavy atom. The number of aromatic nitrogens is 1. The molecule has 1 aromatic rings. The van der Waals surface area contributed by atoms with E-state index in [1.807, 2.05) is 0 Å². The monoisotopic (exact) mass is 301 g/mol. The summed E-state index contributed by atoms with van der Waals surface area (Å²) in [7, 11) is 0. The second-order valence-electron chi connectivity index (χ2n) is 4.46. The number of rotatable bonds is 2. The van der Waals surface area contributed by atoms with E-state index in [1.54, 1.807) is 4.90 Å². The minimum atomic E-state index is -0.386. The van der Waals surface area contributed by atoms with Gasteiger partial charge in [-0.15, -0.1) is 0 Å². The van der Waals surface area contributed by atoms with Crippen LogP contribution in [-0.4, -0.2) is 34.8 Å². The summed E-state index contributed by atoms with van der Waals surface area (Å²) in [5, 5.41) is 0.451. The van der Waals surface area contributed by atoms with Crippen LogP contribution in [0.4, 0.5) is 0 Å². The highest BCUT2D eigenvalue weighted by Crippen LogP contribution is 2.22. The molecule has 102 valence electrons. The van der Waals surface area contributed by atoms with Gasteiger partial charge in [0, 0.05) is 13.1 Å². The van der Waals surface area contributed by atoms with E-state index in [9.17, 15) is 9.59 Å². The minimum Gasteiger partial charge on any atom is -0.369 e. The Labute approximate surface area is 120 Å². The van der Waals surface area contributed by atoms with Crippen molar-refractivity contribution in [3.63, 3.8) is 0 Å². The molecule has 0 radical (unpaired) electrons. The fraction of sp³-hybridized carbons (Fsp3) is 0.417. The average Bonchev–Trinajstić information content (AvgIpc) is 2.41. The first-order chi connectivity index (χ1) is 8.99. The lowest BCUT2D eigenvalue weighted by molar-refractivity contribution is -0.123. The van der Waals surface area contributed by atoms with Crippen molar-refractivity contribution in [2.45, 2.75) is 12.8 Å². The number of hydrogen-bond acceptors (Lipinski definition) is 3. The molecule has 1 unspecified atom stereocenters. The van der Waals surface area contributed by atoms with Crippen LogP contribution in [-0.2, 0) is 4.79 Å². The number of pyridine rings is 1. The predicted octanol–water partition coefficient (Wildman–Crippen LogP) is 1.73. The first-order valence-corrected chi connectivity index (χ1v) is 6.65. The smallest absolute Gasteiger partial charge is 0.274 e. The highest BCUT2D eigenvalue weighted by atomic mass is 35.5. The summed E-state index contributed by atoms with van der Waals surface area (Å²) in [6, 6.07) is 3.04. The Hall–Kier alpha value is -1.33. The first-order valence-electron chi connectivity index (χ1n) is 5.89.